The summed E-state index contributed by atoms with van der Waals surface area (Å²) in [5, 5.41) is 10.8. The molecule has 218 valence electrons. The lowest BCUT2D eigenvalue weighted by atomic mass is 10.1. The minimum Gasteiger partial charge on any atom is -0.453 e. The number of nitrogens with zero attached hydrogens (tertiary/aromatic N) is 7. The molecule has 2 fully saturated rings. The molecule has 2 aliphatic rings. The van der Waals surface area contributed by atoms with Crippen LogP contribution in [0.5, 0.6) is 0 Å². The number of piperidine rings is 1. The molecule has 6 rings (SSSR count). The number of aromatic nitrogens is 5. The van der Waals surface area contributed by atoms with E-state index in [9.17, 15) is 14.0 Å². The number of benzene rings is 1. The van der Waals surface area contributed by atoms with Crippen LogP contribution in [0.25, 0.3) is 22.4 Å². The molecule has 2 aliphatic heterocycles. The molecule has 0 aliphatic carbocycles. The Morgan fingerprint density at radius 2 is 1.76 bits per heavy atom. The summed E-state index contributed by atoms with van der Waals surface area (Å²) in [6.07, 6.45) is 5.37. The normalized spacial score (nSPS) is 16.0. The Bertz CT molecular complexity index is 1580. The van der Waals surface area contributed by atoms with Crippen LogP contribution in [0.4, 0.5) is 31.2 Å². The number of carbonyl (C=O) groups excluding carboxylic acids is 2. The first kappa shape index (κ1) is 27.3. The average Bonchev–Trinajstić information content (AvgIpc) is 3.46. The maximum absolute atomic E-state index is 13.8. The van der Waals surface area contributed by atoms with E-state index in [4.69, 9.17) is 24.5 Å². The maximum atomic E-state index is 13.8. The quantitative estimate of drug-likeness (QED) is 0.363. The van der Waals surface area contributed by atoms with E-state index >= 15 is 0 Å². The van der Waals surface area contributed by atoms with Gasteiger partial charge in [-0.1, -0.05) is 0 Å². The van der Waals surface area contributed by atoms with Crippen LogP contribution in [0.2, 0.25) is 0 Å². The molecule has 0 unspecified atom stereocenters. The summed E-state index contributed by atoms with van der Waals surface area (Å²) >= 11 is 0. The number of hydrogen-bond donors (Lipinski definition) is 2. The Hall–Kier alpha value is -4.85. The molecular weight excluding hydrogens is 545 g/mol. The Morgan fingerprint density at radius 1 is 1.00 bits per heavy atom. The molecule has 4 aromatic rings. The van der Waals surface area contributed by atoms with Crippen LogP contribution in [-0.2, 0) is 9.47 Å². The molecule has 0 radical (unpaired) electrons. The van der Waals surface area contributed by atoms with Gasteiger partial charge in [-0.05, 0) is 43.2 Å². The second-order valence-corrected chi connectivity index (χ2v) is 10.00. The summed E-state index contributed by atoms with van der Waals surface area (Å²) in [5.41, 5.74) is 2.02. The van der Waals surface area contributed by atoms with Gasteiger partial charge < -0.3 is 29.9 Å². The molecule has 0 atom stereocenters. The molecule has 3 amide bonds. The fraction of sp³-hybridized carbons (Fsp3) is 0.357. The number of fused-ring (bicyclic) bond motifs is 1. The third-order valence-corrected chi connectivity index (χ3v) is 7.41. The predicted molar refractivity (Wildman–Crippen MR) is 153 cm³/mol. The number of methoxy groups -OCH3 is 1. The highest BCUT2D eigenvalue weighted by Gasteiger charge is 2.28. The van der Waals surface area contributed by atoms with Gasteiger partial charge in [0, 0.05) is 43.6 Å². The molecule has 3 aromatic heterocycles. The first-order valence-electron chi connectivity index (χ1n) is 13.7. The van der Waals surface area contributed by atoms with Crippen LogP contribution in [0.15, 0.2) is 48.9 Å². The third kappa shape index (κ3) is 5.65. The maximum Gasteiger partial charge on any atom is 0.409 e. The number of halogens is 1. The smallest absolute Gasteiger partial charge is 0.409 e. The van der Waals surface area contributed by atoms with Crippen molar-refractivity contribution in [2.45, 2.75) is 18.9 Å². The number of morpholine rings is 1. The van der Waals surface area contributed by atoms with Gasteiger partial charge in [0.05, 0.1) is 49.8 Å². The van der Waals surface area contributed by atoms with E-state index in [1.807, 2.05) is 23.0 Å². The van der Waals surface area contributed by atoms with E-state index in [0.29, 0.717) is 50.9 Å². The summed E-state index contributed by atoms with van der Waals surface area (Å²) < 4.78 is 26.2. The lowest BCUT2D eigenvalue weighted by Gasteiger charge is -2.31. The molecule has 2 N–H and O–H groups in total. The Kier molecular flexibility index (Phi) is 7.77. The lowest BCUT2D eigenvalue weighted by molar-refractivity contribution is 0.106. The van der Waals surface area contributed by atoms with Crippen LogP contribution in [0.3, 0.4) is 0 Å². The number of carbonyl (C=O) groups is 2. The highest BCUT2D eigenvalue weighted by atomic mass is 19.1. The summed E-state index contributed by atoms with van der Waals surface area (Å²) in [4.78, 5) is 41.8. The van der Waals surface area contributed by atoms with E-state index in [0.717, 1.165) is 41.5 Å². The van der Waals surface area contributed by atoms with Gasteiger partial charge in [0.2, 0.25) is 0 Å². The van der Waals surface area contributed by atoms with Gasteiger partial charge in [0.1, 0.15) is 5.82 Å². The van der Waals surface area contributed by atoms with E-state index in [-0.39, 0.29) is 17.8 Å². The molecular formula is C28H30FN9O4. The number of amides is 3. The predicted octanol–water partition coefficient (Wildman–Crippen LogP) is 3.91. The van der Waals surface area contributed by atoms with Gasteiger partial charge in [-0.25, -0.2) is 28.6 Å². The van der Waals surface area contributed by atoms with Crippen LogP contribution in [-0.4, -0.2) is 88.3 Å². The van der Waals surface area contributed by atoms with Crippen molar-refractivity contribution in [1.29, 1.82) is 0 Å². The van der Waals surface area contributed by atoms with Crippen molar-refractivity contribution in [3.63, 3.8) is 0 Å². The molecule has 5 heterocycles. The summed E-state index contributed by atoms with van der Waals surface area (Å²) in [7, 11) is 1.39. The Labute approximate surface area is 240 Å². The lowest BCUT2D eigenvalue weighted by Crippen LogP contribution is -2.39. The molecule has 0 spiro atoms. The zero-order chi connectivity index (χ0) is 29.1. The van der Waals surface area contributed by atoms with Crippen LogP contribution >= 0.6 is 0 Å². The monoisotopic (exact) mass is 575 g/mol. The highest BCUT2D eigenvalue weighted by molar-refractivity contribution is 6.00. The minimum absolute atomic E-state index is 0.0315. The third-order valence-electron chi connectivity index (χ3n) is 7.41. The van der Waals surface area contributed by atoms with E-state index in [1.54, 1.807) is 17.0 Å². The molecule has 0 bridgehead atoms. The van der Waals surface area contributed by atoms with Gasteiger partial charge in [-0.15, -0.1) is 0 Å². The van der Waals surface area contributed by atoms with Crippen LogP contribution in [0, 0.1) is 5.82 Å². The number of pyridine rings is 1. The van der Waals surface area contributed by atoms with Gasteiger partial charge in [0.15, 0.2) is 17.3 Å². The Morgan fingerprint density at radius 3 is 2.48 bits per heavy atom. The number of urea groups is 1. The zero-order valence-electron chi connectivity index (χ0n) is 23.0. The molecule has 1 aromatic carbocycles. The van der Waals surface area contributed by atoms with Crippen molar-refractivity contribution < 1.29 is 23.5 Å². The summed E-state index contributed by atoms with van der Waals surface area (Å²) in [6.45, 7) is 3.75. The van der Waals surface area contributed by atoms with Crippen molar-refractivity contribution in [1.82, 2.24) is 29.6 Å². The van der Waals surface area contributed by atoms with Crippen molar-refractivity contribution in [3.8, 4) is 11.4 Å². The number of ether oxygens (including phenoxy) is 2. The molecule has 14 heteroatoms. The number of nitrogens with one attached hydrogen (secondary N) is 2. The first-order chi connectivity index (χ1) is 20.5. The summed E-state index contributed by atoms with van der Waals surface area (Å²) in [5.74, 6) is 0.685. The van der Waals surface area contributed by atoms with Crippen LogP contribution in [0.1, 0.15) is 18.9 Å². The second-order valence-electron chi connectivity index (χ2n) is 10.00. The molecule has 13 nitrogen and oxygen atoms in total. The standard InChI is InChI=1S/C28H30FN9O4/c1-41-28(40)37-10-7-20(8-11-37)38-26-21(16-31-38)25(36-12-14-42-15-13-36)34-24(35-26)18-2-4-19(5-3-18)32-27(39)33-23-6-9-30-17-22(23)29/h2-6,9,16-17,20H,7-8,10-15H2,1H3,(H2,30,32,33,39). The van der Waals surface area contributed by atoms with E-state index in [2.05, 4.69) is 20.5 Å². The molecule has 0 saturated carbocycles. The van der Waals surface area contributed by atoms with Crippen molar-refractivity contribution in [2.75, 3.05) is 62.0 Å². The van der Waals surface area contributed by atoms with Crippen molar-refractivity contribution >= 4 is 40.4 Å². The molecule has 2 saturated heterocycles. The first-order valence-corrected chi connectivity index (χ1v) is 13.7. The van der Waals surface area contributed by atoms with Gasteiger partial charge in [-0.2, -0.15) is 5.10 Å². The van der Waals surface area contributed by atoms with Gasteiger partial charge in [0.25, 0.3) is 0 Å². The van der Waals surface area contributed by atoms with Crippen LogP contribution < -0.4 is 15.5 Å². The summed E-state index contributed by atoms with van der Waals surface area (Å²) in [6, 6.07) is 7.98. The fourth-order valence-electron chi connectivity index (χ4n) is 5.21. The minimum atomic E-state index is -0.625. The SMILES string of the molecule is COC(=O)N1CCC(n2ncc3c(N4CCOCC4)nc(-c4ccc(NC(=O)Nc5ccncc5F)cc4)nc32)CC1. The number of likely N-dealkylation sites (tertiary alicyclic amines) is 1. The van der Waals surface area contributed by atoms with Crippen molar-refractivity contribution in [2.24, 2.45) is 0 Å². The number of hydrogen-bond acceptors (Lipinski definition) is 9. The number of anilines is 3. The topological polar surface area (TPSA) is 140 Å². The highest BCUT2D eigenvalue weighted by Crippen LogP contribution is 2.32. The van der Waals surface area contributed by atoms with E-state index in [1.165, 1.54) is 19.4 Å². The van der Waals surface area contributed by atoms with Gasteiger partial charge in [-0.3, -0.25) is 4.98 Å². The Balaban J connectivity index is 1.27. The number of rotatable bonds is 5. The van der Waals surface area contributed by atoms with E-state index < -0.39 is 11.8 Å². The second kappa shape index (κ2) is 11.9. The zero-order valence-corrected chi connectivity index (χ0v) is 23.0. The molecule has 42 heavy (non-hydrogen) atoms. The largest absolute Gasteiger partial charge is 0.453 e. The van der Waals surface area contributed by atoms with Crippen molar-refractivity contribution in [3.05, 3.63) is 54.7 Å². The van der Waals surface area contributed by atoms with Gasteiger partial charge >= 0.3 is 12.1 Å². The average molecular weight is 576 g/mol. The fourth-order valence-corrected chi connectivity index (χ4v) is 5.21.